The van der Waals surface area contributed by atoms with Crippen LogP contribution in [0.25, 0.3) is 0 Å². The first-order valence-corrected chi connectivity index (χ1v) is 3.08. The predicted molar refractivity (Wildman–Crippen MR) is 36.6 cm³/mol. The third-order valence-corrected chi connectivity index (χ3v) is 1.23. The number of ether oxygens (including phenoxy) is 1. The van der Waals surface area contributed by atoms with Crippen LogP contribution in [0.15, 0.2) is 24.3 Å². The second-order valence-corrected chi connectivity index (χ2v) is 2.08. The van der Waals surface area contributed by atoms with Crippen LogP contribution in [0.2, 0.25) is 0 Å². The van der Waals surface area contributed by atoms with Crippen LogP contribution in [0.3, 0.4) is 0 Å². The quantitative estimate of drug-likeness (QED) is 0.484. The van der Waals surface area contributed by atoms with Gasteiger partial charge in [0.2, 0.25) is 0 Å². The molecule has 0 aliphatic rings. The minimum atomic E-state index is 0. The van der Waals surface area contributed by atoms with E-state index >= 15 is 0 Å². The Kier molecular flexibility index (Phi) is 6.51. The summed E-state index contributed by atoms with van der Waals surface area (Å²) in [5.74, 6) is 0.0415. The van der Waals surface area contributed by atoms with Crippen LogP contribution in [0, 0.1) is 0 Å². The van der Waals surface area contributed by atoms with E-state index in [4.69, 9.17) is 4.74 Å². The van der Waals surface area contributed by atoms with Crippen molar-refractivity contribution in [2.45, 2.75) is 6.61 Å². The summed E-state index contributed by atoms with van der Waals surface area (Å²) in [6, 6.07) is 6.61. The van der Waals surface area contributed by atoms with Crippen LogP contribution < -0.4 is 56.5 Å². The van der Waals surface area contributed by atoms with E-state index in [-0.39, 0.29) is 57.1 Å². The molecule has 0 bridgehead atoms. The first-order valence-electron chi connectivity index (χ1n) is 3.08. The van der Waals surface area contributed by atoms with Gasteiger partial charge in [0.05, 0.1) is 6.61 Å². The van der Waals surface area contributed by atoms with Gasteiger partial charge < -0.3 is 9.84 Å². The number of rotatable bonds is 2. The van der Waals surface area contributed by atoms with Crippen LogP contribution in [-0.2, 0) is 11.3 Å². The van der Waals surface area contributed by atoms with Crippen molar-refractivity contribution >= 4 is 0 Å². The normalized spacial score (nSPS) is 8.82. The summed E-state index contributed by atoms with van der Waals surface area (Å²) in [4.78, 5) is 0. The van der Waals surface area contributed by atoms with E-state index in [2.05, 4.69) is 0 Å². The summed E-state index contributed by atoms with van der Waals surface area (Å²) in [7, 11) is 1.63. The summed E-state index contributed by atoms with van der Waals surface area (Å²) in [6.07, 6.45) is 0. The Morgan fingerprint density at radius 2 is 1.82 bits per heavy atom. The van der Waals surface area contributed by atoms with Crippen LogP contribution in [-0.4, -0.2) is 7.11 Å². The van der Waals surface area contributed by atoms with E-state index in [1.807, 2.05) is 0 Å². The summed E-state index contributed by atoms with van der Waals surface area (Å²) >= 11 is 0. The Hall–Kier alpha value is 0.616. The van der Waals surface area contributed by atoms with Crippen molar-refractivity contribution in [1.29, 1.82) is 0 Å². The van der Waals surface area contributed by atoms with Crippen molar-refractivity contribution in [2.75, 3.05) is 7.11 Å². The molecule has 0 fully saturated rings. The van der Waals surface area contributed by atoms with Crippen LogP contribution in [0.5, 0.6) is 5.75 Å². The van der Waals surface area contributed by atoms with E-state index in [9.17, 15) is 5.11 Å². The molecule has 11 heavy (non-hydrogen) atoms. The summed E-state index contributed by atoms with van der Waals surface area (Å²) in [6.45, 7) is 0.570. The maximum Gasteiger partial charge on any atom is 1.00 e. The fourth-order valence-corrected chi connectivity index (χ4v) is 0.752. The van der Waals surface area contributed by atoms with Gasteiger partial charge in [0.15, 0.2) is 0 Å². The minimum absolute atomic E-state index is 0. The Balaban J connectivity index is 0.000001000. The Morgan fingerprint density at radius 3 is 2.27 bits per heavy atom. The molecule has 3 heteroatoms. The molecule has 0 radical (unpaired) electrons. The summed E-state index contributed by atoms with van der Waals surface area (Å²) in [5.41, 5.74) is 1.03. The van der Waals surface area contributed by atoms with Crippen LogP contribution in [0.4, 0.5) is 0 Å². The largest absolute Gasteiger partial charge is 1.00 e. The smallest absolute Gasteiger partial charge is 0.872 e. The predicted octanol–water partition coefficient (Wildman–Crippen LogP) is -2.09. The van der Waals surface area contributed by atoms with Crippen molar-refractivity contribution in [3.63, 3.8) is 0 Å². The van der Waals surface area contributed by atoms with E-state index in [0.29, 0.717) is 6.61 Å². The van der Waals surface area contributed by atoms with Crippen molar-refractivity contribution in [3.8, 4) is 5.75 Å². The molecule has 0 spiro atoms. The summed E-state index contributed by atoms with van der Waals surface area (Å²) in [5, 5.41) is 10.6. The second kappa shape index (κ2) is 6.17. The standard InChI is InChI=1S/C8H10O2.K/c1-10-6-7-2-4-8(9)5-3-7;/h2-5,9H,6H2,1H3;/q;+1/p-1. The third kappa shape index (κ3) is 4.25. The zero-order chi connectivity index (χ0) is 7.40. The van der Waals surface area contributed by atoms with Gasteiger partial charge in [-0.25, -0.2) is 0 Å². The Morgan fingerprint density at radius 1 is 1.27 bits per heavy atom. The van der Waals surface area contributed by atoms with Gasteiger partial charge >= 0.3 is 51.4 Å². The van der Waals surface area contributed by atoms with Gasteiger partial charge in [0.1, 0.15) is 0 Å². The fourth-order valence-electron chi connectivity index (χ4n) is 0.752. The molecule has 0 atom stereocenters. The van der Waals surface area contributed by atoms with Crippen LogP contribution >= 0.6 is 0 Å². The van der Waals surface area contributed by atoms with Crippen LogP contribution in [0.1, 0.15) is 5.56 Å². The SMILES string of the molecule is COCc1ccc([O-])cc1.[K+]. The van der Waals surface area contributed by atoms with Gasteiger partial charge in [-0.1, -0.05) is 24.3 Å². The average Bonchev–Trinajstić information content (AvgIpc) is 1.95. The van der Waals surface area contributed by atoms with Gasteiger partial charge in [-0.05, 0) is 5.56 Å². The first kappa shape index (κ1) is 11.6. The van der Waals surface area contributed by atoms with Gasteiger partial charge in [0, 0.05) is 7.11 Å². The van der Waals surface area contributed by atoms with Crippen molar-refractivity contribution in [2.24, 2.45) is 0 Å². The zero-order valence-electron chi connectivity index (χ0n) is 6.83. The molecule has 1 aromatic rings. The maximum atomic E-state index is 10.6. The molecule has 1 rings (SSSR count). The van der Waals surface area contributed by atoms with Gasteiger partial charge in [-0.3, -0.25) is 0 Å². The average molecular weight is 176 g/mol. The molecule has 0 amide bonds. The Bertz CT molecular complexity index is 196. The number of hydrogen-bond acceptors (Lipinski definition) is 2. The molecular formula is C8H9KO2. The molecule has 0 aliphatic heterocycles. The fraction of sp³-hybridized carbons (Fsp3) is 0.250. The molecular weight excluding hydrogens is 167 g/mol. The molecule has 0 aromatic heterocycles. The molecule has 1 aromatic carbocycles. The molecule has 54 valence electrons. The van der Waals surface area contributed by atoms with Gasteiger partial charge in [-0.2, -0.15) is 0 Å². The minimum Gasteiger partial charge on any atom is -0.872 e. The van der Waals surface area contributed by atoms with Crippen molar-refractivity contribution in [3.05, 3.63) is 29.8 Å². The molecule has 2 nitrogen and oxygen atoms in total. The van der Waals surface area contributed by atoms with E-state index < -0.39 is 0 Å². The second-order valence-electron chi connectivity index (χ2n) is 2.08. The summed E-state index contributed by atoms with van der Waals surface area (Å²) < 4.78 is 4.87. The molecule has 0 unspecified atom stereocenters. The van der Waals surface area contributed by atoms with Gasteiger partial charge in [-0.15, -0.1) is 5.75 Å². The van der Waals surface area contributed by atoms with E-state index in [1.165, 1.54) is 12.1 Å². The van der Waals surface area contributed by atoms with Crippen molar-refractivity contribution < 1.29 is 61.2 Å². The molecule has 0 heterocycles. The Labute approximate surface area is 109 Å². The number of benzene rings is 1. The molecule has 0 N–H and O–H groups in total. The van der Waals surface area contributed by atoms with E-state index in [0.717, 1.165) is 5.56 Å². The molecule has 0 saturated heterocycles. The third-order valence-electron chi connectivity index (χ3n) is 1.23. The monoisotopic (exact) mass is 176 g/mol. The molecule has 0 saturated carbocycles. The number of hydrogen-bond donors (Lipinski definition) is 0. The van der Waals surface area contributed by atoms with Crippen molar-refractivity contribution in [1.82, 2.24) is 0 Å². The zero-order valence-corrected chi connectivity index (χ0v) is 9.96. The first-order chi connectivity index (χ1) is 4.83. The topological polar surface area (TPSA) is 32.3 Å². The van der Waals surface area contributed by atoms with E-state index in [1.54, 1.807) is 19.2 Å². The number of methoxy groups -OCH3 is 1. The molecule has 0 aliphatic carbocycles. The van der Waals surface area contributed by atoms with Gasteiger partial charge in [0.25, 0.3) is 0 Å². The maximum absolute atomic E-state index is 10.6.